The second kappa shape index (κ2) is 9.29. The van der Waals surface area contributed by atoms with Crippen molar-refractivity contribution in [1.82, 2.24) is 15.5 Å². The van der Waals surface area contributed by atoms with Gasteiger partial charge in [-0.05, 0) is 41.5 Å². The Morgan fingerprint density at radius 1 is 1.07 bits per heavy atom. The van der Waals surface area contributed by atoms with Gasteiger partial charge in [0.1, 0.15) is 23.3 Å². The van der Waals surface area contributed by atoms with E-state index in [1.807, 2.05) is 0 Å². The van der Waals surface area contributed by atoms with E-state index in [4.69, 9.17) is 9.47 Å². The van der Waals surface area contributed by atoms with Crippen molar-refractivity contribution in [3.63, 3.8) is 0 Å². The van der Waals surface area contributed by atoms with Crippen LogP contribution in [-0.4, -0.2) is 81.7 Å². The number of carbonyl (C=O) groups is 4. The third-order valence-corrected chi connectivity index (χ3v) is 3.70. The summed E-state index contributed by atoms with van der Waals surface area (Å²) in [5.41, 5.74) is -1.52. The Kier molecular flexibility index (Phi) is 7.84. The third kappa shape index (κ3) is 8.55. The summed E-state index contributed by atoms with van der Waals surface area (Å²) in [6, 6.07) is -1.85. The van der Waals surface area contributed by atoms with Crippen LogP contribution in [-0.2, 0) is 19.1 Å². The molecule has 0 aromatic carbocycles. The van der Waals surface area contributed by atoms with Gasteiger partial charge in [-0.1, -0.05) is 0 Å². The standard InChI is InChI=1S/C18H31N3O8/c1-17(2,3)28-15(26)19-8-12(22)13(23)20-10-7-11(14(24)25)21(9-10)16(27)29-18(4,5)6/h10-12,22H,7-9H2,1-6H3,(H,19,26)(H,20,23)(H,24,25)/t10-,11+,12-/m0/s1. The van der Waals surface area contributed by atoms with Crippen LogP contribution in [0.1, 0.15) is 48.0 Å². The molecular weight excluding hydrogens is 386 g/mol. The molecule has 166 valence electrons. The van der Waals surface area contributed by atoms with Gasteiger partial charge in [-0.25, -0.2) is 14.4 Å². The van der Waals surface area contributed by atoms with Crippen LogP contribution in [0.25, 0.3) is 0 Å². The normalized spacial score (nSPS) is 20.6. The van der Waals surface area contributed by atoms with Crippen molar-refractivity contribution in [3.05, 3.63) is 0 Å². The number of ether oxygens (including phenoxy) is 2. The molecule has 0 aromatic heterocycles. The first kappa shape index (κ1) is 24.5. The topological polar surface area (TPSA) is 154 Å². The monoisotopic (exact) mass is 417 g/mol. The molecular formula is C18H31N3O8. The van der Waals surface area contributed by atoms with Gasteiger partial charge in [-0.15, -0.1) is 0 Å². The zero-order chi connectivity index (χ0) is 22.6. The zero-order valence-corrected chi connectivity index (χ0v) is 17.6. The van der Waals surface area contributed by atoms with E-state index < -0.39 is 53.5 Å². The number of carboxylic acids is 1. The molecule has 0 spiro atoms. The van der Waals surface area contributed by atoms with Crippen LogP contribution >= 0.6 is 0 Å². The molecule has 11 heteroatoms. The van der Waals surface area contributed by atoms with E-state index in [2.05, 4.69) is 10.6 Å². The smallest absolute Gasteiger partial charge is 0.411 e. The van der Waals surface area contributed by atoms with Gasteiger partial charge in [-0.2, -0.15) is 0 Å². The molecule has 0 radical (unpaired) electrons. The lowest BCUT2D eigenvalue weighted by Gasteiger charge is -2.26. The van der Waals surface area contributed by atoms with E-state index in [0.29, 0.717) is 0 Å². The molecule has 0 bridgehead atoms. The molecule has 1 heterocycles. The number of alkyl carbamates (subject to hydrolysis) is 1. The minimum atomic E-state index is -1.57. The number of rotatable bonds is 5. The summed E-state index contributed by atoms with van der Waals surface area (Å²) in [4.78, 5) is 48.5. The minimum Gasteiger partial charge on any atom is -0.480 e. The molecule has 0 saturated carbocycles. The second-order valence-corrected chi connectivity index (χ2v) is 8.83. The number of likely N-dealkylation sites (tertiary alicyclic amines) is 1. The fraction of sp³-hybridized carbons (Fsp3) is 0.778. The van der Waals surface area contributed by atoms with E-state index in [9.17, 15) is 29.4 Å². The molecule has 1 aliphatic rings. The summed E-state index contributed by atoms with van der Waals surface area (Å²) in [5, 5.41) is 24.0. The number of aliphatic hydroxyl groups excluding tert-OH is 1. The highest BCUT2D eigenvalue weighted by Gasteiger charge is 2.42. The quantitative estimate of drug-likeness (QED) is 0.503. The van der Waals surface area contributed by atoms with Gasteiger partial charge >= 0.3 is 18.2 Å². The van der Waals surface area contributed by atoms with Gasteiger partial charge in [0.25, 0.3) is 5.91 Å². The highest BCUT2D eigenvalue weighted by Crippen LogP contribution is 2.21. The fourth-order valence-electron chi connectivity index (χ4n) is 2.58. The Hall–Kier alpha value is -2.56. The van der Waals surface area contributed by atoms with Gasteiger partial charge in [0.05, 0.1) is 6.54 Å². The van der Waals surface area contributed by atoms with E-state index in [1.54, 1.807) is 41.5 Å². The van der Waals surface area contributed by atoms with Gasteiger partial charge in [-0.3, -0.25) is 9.69 Å². The molecule has 4 N–H and O–H groups in total. The fourth-order valence-corrected chi connectivity index (χ4v) is 2.58. The molecule has 0 unspecified atom stereocenters. The Morgan fingerprint density at radius 2 is 1.62 bits per heavy atom. The SMILES string of the molecule is CC(C)(C)OC(=O)NC[C@H](O)C(=O)N[C@H]1C[C@H](C(=O)O)N(C(=O)OC(C)(C)C)C1. The summed E-state index contributed by atoms with van der Waals surface area (Å²) in [7, 11) is 0. The lowest BCUT2D eigenvalue weighted by molar-refractivity contribution is -0.142. The molecule has 1 aliphatic heterocycles. The van der Waals surface area contributed by atoms with Gasteiger partial charge in [0.15, 0.2) is 0 Å². The van der Waals surface area contributed by atoms with Crippen LogP contribution in [0.15, 0.2) is 0 Å². The van der Waals surface area contributed by atoms with Crippen molar-refractivity contribution in [3.8, 4) is 0 Å². The number of carboxylic acid groups (broad SMARTS) is 1. The number of hydrogen-bond acceptors (Lipinski definition) is 7. The molecule has 1 rings (SSSR count). The average molecular weight is 417 g/mol. The molecule has 29 heavy (non-hydrogen) atoms. The van der Waals surface area contributed by atoms with Gasteiger partial charge < -0.3 is 30.3 Å². The summed E-state index contributed by atoms with van der Waals surface area (Å²) in [5.74, 6) is -2.03. The second-order valence-electron chi connectivity index (χ2n) is 8.83. The van der Waals surface area contributed by atoms with Crippen LogP contribution in [0, 0.1) is 0 Å². The molecule has 0 aliphatic carbocycles. The molecule has 1 saturated heterocycles. The van der Waals surface area contributed by atoms with Crippen molar-refractivity contribution in [1.29, 1.82) is 0 Å². The van der Waals surface area contributed by atoms with Crippen LogP contribution in [0.2, 0.25) is 0 Å². The average Bonchev–Trinajstić information content (AvgIpc) is 2.93. The number of nitrogens with one attached hydrogen (secondary N) is 2. The number of nitrogens with zero attached hydrogens (tertiary/aromatic N) is 1. The number of amides is 3. The van der Waals surface area contributed by atoms with E-state index in [1.165, 1.54) is 0 Å². The predicted molar refractivity (Wildman–Crippen MR) is 101 cm³/mol. The minimum absolute atomic E-state index is 0.0352. The van der Waals surface area contributed by atoms with E-state index in [-0.39, 0.29) is 19.5 Å². The van der Waals surface area contributed by atoms with Crippen molar-refractivity contribution in [2.75, 3.05) is 13.1 Å². The third-order valence-electron chi connectivity index (χ3n) is 3.70. The summed E-state index contributed by atoms with van der Waals surface area (Å²) >= 11 is 0. The summed E-state index contributed by atoms with van der Waals surface area (Å²) in [6.45, 7) is 9.52. The van der Waals surface area contributed by atoms with Crippen LogP contribution in [0.5, 0.6) is 0 Å². The number of hydrogen-bond donors (Lipinski definition) is 4. The summed E-state index contributed by atoms with van der Waals surface area (Å²) < 4.78 is 10.2. The Morgan fingerprint density at radius 3 is 2.10 bits per heavy atom. The maximum atomic E-state index is 12.2. The van der Waals surface area contributed by atoms with E-state index >= 15 is 0 Å². The van der Waals surface area contributed by atoms with Crippen molar-refractivity contribution >= 4 is 24.1 Å². The molecule has 1 fully saturated rings. The molecule has 11 nitrogen and oxygen atoms in total. The van der Waals surface area contributed by atoms with Crippen molar-refractivity contribution in [2.24, 2.45) is 0 Å². The molecule has 0 aromatic rings. The molecule has 3 amide bonds. The van der Waals surface area contributed by atoms with Crippen LogP contribution in [0.4, 0.5) is 9.59 Å². The largest absolute Gasteiger partial charge is 0.480 e. The van der Waals surface area contributed by atoms with Crippen molar-refractivity contribution < 1.29 is 38.9 Å². The maximum Gasteiger partial charge on any atom is 0.411 e. The van der Waals surface area contributed by atoms with Crippen molar-refractivity contribution in [2.45, 2.75) is 77.4 Å². The first-order chi connectivity index (χ1) is 13.1. The van der Waals surface area contributed by atoms with E-state index in [0.717, 1.165) is 4.90 Å². The highest BCUT2D eigenvalue weighted by molar-refractivity contribution is 5.84. The van der Waals surface area contributed by atoms with Gasteiger partial charge in [0.2, 0.25) is 0 Å². The number of aliphatic carboxylic acids is 1. The van der Waals surface area contributed by atoms with Crippen LogP contribution < -0.4 is 10.6 Å². The summed E-state index contributed by atoms with van der Waals surface area (Å²) in [6.07, 6.45) is -3.19. The Bertz CT molecular complexity index is 638. The zero-order valence-electron chi connectivity index (χ0n) is 17.6. The van der Waals surface area contributed by atoms with Crippen LogP contribution in [0.3, 0.4) is 0 Å². The number of aliphatic hydroxyl groups is 1. The predicted octanol–water partition coefficient (Wildman–Crippen LogP) is 0.451. The Labute approximate surface area is 169 Å². The van der Waals surface area contributed by atoms with Gasteiger partial charge in [0, 0.05) is 19.0 Å². The Balaban J connectivity index is 2.61. The lowest BCUT2D eigenvalue weighted by atomic mass is 10.1. The first-order valence-electron chi connectivity index (χ1n) is 9.27. The lowest BCUT2D eigenvalue weighted by Crippen LogP contribution is -2.48. The highest BCUT2D eigenvalue weighted by atomic mass is 16.6. The first-order valence-corrected chi connectivity index (χ1v) is 9.27. The molecule has 3 atom stereocenters. The maximum absolute atomic E-state index is 12.2. The number of carbonyl (C=O) groups excluding carboxylic acids is 3.